The quantitative estimate of drug-likeness (QED) is 0.592. The first-order valence-electron chi connectivity index (χ1n) is 5.89. The van der Waals surface area contributed by atoms with Crippen LogP contribution in [0.3, 0.4) is 0 Å². The van der Waals surface area contributed by atoms with E-state index in [1.54, 1.807) is 25.3 Å². The third-order valence-corrected chi connectivity index (χ3v) is 2.64. The van der Waals surface area contributed by atoms with Gasteiger partial charge in [0.15, 0.2) is 5.78 Å². The second-order valence-electron chi connectivity index (χ2n) is 4.04. The fourth-order valence-electron chi connectivity index (χ4n) is 1.56. The summed E-state index contributed by atoms with van der Waals surface area (Å²) >= 11 is 0. The summed E-state index contributed by atoms with van der Waals surface area (Å²) in [6.07, 6.45) is 2.53. The minimum absolute atomic E-state index is 0.0666. The Morgan fingerprint density at radius 1 is 1.17 bits per heavy atom. The van der Waals surface area contributed by atoms with Gasteiger partial charge in [-0.25, -0.2) is 0 Å². The summed E-state index contributed by atoms with van der Waals surface area (Å²) in [6.45, 7) is 3.59. The van der Waals surface area contributed by atoms with Crippen molar-refractivity contribution in [1.29, 1.82) is 0 Å². The van der Waals surface area contributed by atoms with E-state index < -0.39 is 0 Å². The first-order valence-corrected chi connectivity index (χ1v) is 5.89. The van der Waals surface area contributed by atoms with Crippen LogP contribution in [0.25, 0.3) is 0 Å². The largest absolute Gasteiger partial charge is 0.468 e. The highest BCUT2D eigenvalue weighted by Gasteiger charge is 1.98. The summed E-state index contributed by atoms with van der Waals surface area (Å²) in [6, 6.07) is 9.23. The highest BCUT2D eigenvalue weighted by atomic mass is 16.3. The molecule has 2 nitrogen and oxygen atoms in total. The second-order valence-corrected chi connectivity index (χ2v) is 4.04. The fraction of sp³-hybridized carbons (Fsp3) is 0.188. The van der Waals surface area contributed by atoms with E-state index in [0.29, 0.717) is 5.56 Å². The van der Waals surface area contributed by atoms with Crippen LogP contribution in [0.1, 0.15) is 41.1 Å². The van der Waals surface area contributed by atoms with E-state index >= 15 is 0 Å². The van der Waals surface area contributed by atoms with Crippen LogP contribution in [0.2, 0.25) is 0 Å². The van der Waals surface area contributed by atoms with Crippen LogP contribution in [0, 0.1) is 11.8 Å². The van der Waals surface area contributed by atoms with Crippen LogP contribution in [0.15, 0.2) is 41.0 Å². The smallest absolute Gasteiger partial charge is 0.159 e. The van der Waals surface area contributed by atoms with Crippen molar-refractivity contribution in [3.8, 4) is 11.8 Å². The fourth-order valence-corrected chi connectivity index (χ4v) is 1.56. The normalized spacial score (nSPS) is 9.67. The van der Waals surface area contributed by atoms with Gasteiger partial charge in [0.05, 0.1) is 5.56 Å². The zero-order valence-electron chi connectivity index (χ0n) is 10.5. The number of benzene rings is 1. The van der Waals surface area contributed by atoms with Gasteiger partial charge in [-0.1, -0.05) is 30.9 Å². The molecule has 18 heavy (non-hydrogen) atoms. The monoisotopic (exact) mass is 238 g/mol. The number of furan rings is 1. The Hall–Kier alpha value is -2.27. The molecule has 1 heterocycles. The van der Waals surface area contributed by atoms with Gasteiger partial charge in [-0.3, -0.25) is 4.79 Å². The number of rotatable bonds is 2. The van der Waals surface area contributed by atoms with Gasteiger partial charge in [0, 0.05) is 17.5 Å². The molecule has 2 heteroatoms. The highest BCUT2D eigenvalue weighted by molar-refractivity contribution is 5.94. The Bertz CT molecular complexity index is 607. The van der Waals surface area contributed by atoms with Crippen molar-refractivity contribution in [2.45, 2.75) is 20.3 Å². The number of ketones is 1. The molecule has 0 fully saturated rings. The molecule has 0 aliphatic rings. The van der Waals surface area contributed by atoms with Gasteiger partial charge in [-0.2, -0.15) is 0 Å². The van der Waals surface area contributed by atoms with Crippen LogP contribution in [0.5, 0.6) is 0 Å². The Labute approximate surface area is 107 Å². The molecule has 90 valence electrons. The minimum atomic E-state index is 0.0666. The highest BCUT2D eigenvalue weighted by Crippen LogP contribution is 2.08. The molecule has 0 aliphatic heterocycles. The average molecular weight is 238 g/mol. The third-order valence-electron chi connectivity index (χ3n) is 2.64. The molecule has 2 aromatic rings. The van der Waals surface area contributed by atoms with E-state index in [-0.39, 0.29) is 5.78 Å². The summed E-state index contributed by atoms with van der Waals surface area (Å²) in [5, 5.41) is 0. The molecule has 0 amide bonds. The van der Waals surface area contributed by atoms with E-state index in [1.165, 1.54) is 0 Å². The molecule has 1 aromatic heterocycles. The molecule has 0 saturated heterocycles. The maximum absolute atomic E-state index is 11.1. The molecule has 0 saturated carbocycles. The van der Waals surface area contributed by atoms with Gasteiger partial charge in [-0.15, -0.1) is 0 Å². The lowest BCUT2D eigenvalue weighted by atomic mass is 10.1. The van der Waals surface area contributed by atoms with Gasteiger partial charge in [0.2, 0.25) is 0 Å². The molecule has 0 bridgehead atoms. The standard InChI is InChI=1S/C16H14O2/c1-3-16-10-14(11-18-16)5-4-13-6-8-15(9-7-13)12(2)17/h6-11H,3H2,1-2H3. The van der Waals surface area contributed by atoms with Crippen molar-refractivity contribution in [3.63, 3.8) is 0 Å². The first-order chi connectivity index (χ1) is 8.69. The maximum Gasteiger partial charge on any atom is 0.159 e. The van der Waals surface area contributed by atoms with Crippen molar-refractivity contribution in [2.75, 3.05) is 0 Å². The van der Waals surface area contributed by atoms with E-state index in [2.05, 4.69) is 11.8 Å². The number of aryl methyl sites for hydroxylation is 1. The topological polar surface area (TPSA) is 30.2 Å². The number of carbonyl (C=O) groups excluding carboxylic acids is 1. The van der Waals surface area contributed by atoms with E-state index in [4.69, 9.17) is 4.42 Å². The molecule has 0 unspecified atom stereocenters. The lowest BCUT2D eigenvalue weighted by Crippen LogP contribution is -1.90. The lowest BCUT2D eigenvalue weighted by molar-refractivity contribution is 0.101. The van der Waals surface area contributed by atoms with Crippen LogP contribution in [-0.2, 0) is 6.42 Å². The Balaban J connectivity index is 2.16. The number of carbonyl (C=O) groups is 1. The summed E-state index contributed by atoms with van der Waals surface area (Å²) in [5.74, 6) is 7.08. The van der Waals surface area contributed by atoms with Crippen molar-refractivity contribution in [2.24, 2.45) is 0 Å². The molecule has 0 radical (unpaired) electrons. The Morgan fingerprint density at radius 2 is 1.83 bits per heavy atom. The van der Waals surface area contributed by atoms with Crippen LogP contribution in [-0.4, -0.2) is 5.78 Å². The molecule has 0 atom stereocenters. The number of Topliss-reactive ketones (excluding diaryl/α,β-unsaturated/α-hetero) is 1. The van der Waals surface area contributed by atoms with Crippen LogP contribution < -0.4 is 0 Å². The van der Waals surface area contributed by atoms with Gasteiger partial charge in [0.25, 0.3) is 0 Å². The van der Waals surface area contributed by atoms with Gasteiger partial charge in [0.1, 0.15) is 12.0 Å². The Morgan fingerprint density at radius 3 is 2.39 bits per heavy atom. The van der Waals surface area contributed by atoms with Crippen molar-refractivity contribution >= 4 is 5.78 Å². The minimum Gasteiger partial charge on any atom is -0.468 e. The van der Waals surface area contributed by atoms with Gasteiger partial charge in [-0.05, 0) is 25.1 Å². The maximum atomic E-state index is 11.1. The third kappa shape index (κ3) is 2.89. The predicted molar refractivity (Wildman–Crippen MR) is 70.5 cm³/mol. The molecular formula is C16H14O2. The number of hydrogen-bond acceptors (Lipinski definition) is 2. The molecule has 1 aromatic carbocycles. The summed E-state index contributed by atoms with van der Waals surface area (Å²) in [5.41, 5.74) is 2.47. The zero-order chi connectivity index (χ0) is 13.0. The van der Waals surface area contributed by atoms with Crippen LogP contribution >= 0.6 is 0 Å². The molecule has 0 N–H and O–H groups in total. The number of hydrogen-bond donors (Lipinski definition) is 0. The van der Waals surface area contributed by atoms with Crippen molar-refractivity contribution in [3.05, 3.63) is 59.0 Å². The summed E-state index contributed by atoms with van der Waals surface area (Å²) in [4.78, 5) is 11.1. The first kappa shape index (κ1) is 12.2. The summed E-state index contributed by atoms with van der Waals surface area (Å²) in [7, 11) is 0. The summed E-state index contributed by atoms with van der Waals surface area (Å²) < 4.78 is 5.31. The molecule has 0 spiro atoms. The van der Waals surface area contributed by atoms with E-state index in [1.807, 2.05) is 25.1 Å². The van der Waals surface area contributed by atoms with Crippen LogP contribution in [0.4, 0.5) is 0 Å². The zero-order valence-corrected chi connectivity index (χ0v) is 10.5. The van der Waals surface area contributed by atoms with E-state index in [9.17, 15) is 4.79 Å². The molecular weight excluding hydrogens is 224 g/mol. The SMILES string of the molecule is CCc1cc(C#Cc2ccc(C(C)=O)cc2)co1. The van der Waals surface area contributed by atoms with Crippen molar-refractivity contribution < 1.29 is 9.21 Å². The molecule has 0 aliphatic carbocycles. The predicted octanol–water partition coefficient (Wildman–Crippen LogP) is 3.44. The Kier molecular flexibility index (Phi) is 3.64. The average Bonchev–Trinajstić information content (AvgIpc) is 2.85. The second kappa shape index (κ2) is 5.37. The van der Waals surface area contributed by atoms with Gasteiger partial charge >= 0.3 is 0 Å². The van der Waals surface area contributed by atoms with E-state index in [0.717, 1.165) is 23.3 Å². The lowest BCUT2D eigenvalue weighted by Gasteiger charge is -1.94. The van der Waals surface area contributed by atoms with Crippen molar-refractivity contribution in [1.82, 2.24) is 0 Å². The van der Waals surface area contributed by atoms with Gasteiger partial charge < -0.3 is 4.42 Å². The molecule has 2 rings (SSSR count).